The van der Waals surface area contributed by atoms with Crippen molar-refractivity contribution in [2.45, 2.75) is 0 Å². The molecule has 0 aliphatic rings. The molecule has 0 aliphatic carbocycles. The second-order valence-electron chi connectivity index (χ2n) is 8.49. The second kappa shape index (κ2) is 8.94. The molecule has 9 heteroatoms. The van der Waals surface area contributed by atoms with Crippen LogP contribution in [0.15, 0.2) is 66.3 Å². The van der Waals surface area contributed by atoms with E-state index in [0.29, 0.717) is 18.1 Å². The molecule has 5 aromatic heterocycles. The number of nitrogens with one attached hydrogen (secondary N) is 2. The van der Waals surface area contributed by atoms with E-state index < -0.39 is 0 Å². The molecule has 2 N–H and O–H groups in total. The summed E-state index contributed by atoms with van der Waals surface area (Å²) in [6.45, 7) is 1.43. The van der Waals surface area contributed by atoms with E-state index >= 15 is 0 Å². The van der Waals surface area contributed by atoms with Gasteiger partial charge in [-0.1, -0.05) is 18.2 Å². The minimum atomic E-state index is 0.593. The van der Waals surface area contributed by atoms with Crippen LogP contribution in [0.3, 0.4) is 0 Å². The average molecular weight is 482 g/mol. The van der Waals surface area contributed by atoms with Crippen molar-refractivity contribution >= 4 is 33.4 Å². The maximum Gasteiger partial charge on any atom is 0.161 e. The second-order valence-corrected chi connectivity index (χ2v) is 9.44. The third-order valence-electron chi connectivity index (χ3n) is 5.75. The number of ether oxygens (including phenoxy) is 1. The summed E-state index contributed by atoms with van der Waals surface area (Å²) in [7, 11) is 4.04. The van der Waals surface area contributed by atoms with Gasteiger partial charge in [-0.25, -0.2) is 9.97 Å². The maximum absolute atomic E-state index is 5.86. The van der Waals surface area contributed by atoms with Crippen LogP contribution in [-0.4, -0.2) is 62.3 Å². The largest absolute Gasteiger partial charge is 0.491 e. The third-order valence-corrected chi connectivity index (χ3v) is 6.65. The summed E-state index contributed by atoms with van der Waals surface area (Å²) in [5.41, 5.74) is 6.93. The number of rotatable bonds is 7. The Balaban J connectivity index is 1.38. The SMILES string of the molecule is CN(C)CCOc1cncc(-c2ccc3[nH]nc(-c4nc5c(-c6cccs6)cccc5[nH]4)c3n2)c1. The minimum Gasteiger partial charge on any atom is -0.491 e. The zero-order chi connectivity index (χ0) is 23.8. The molecule has 6 rings (SSSR count). The van der Waals surface area contributed by atoms with E-state index in [4.69, 9.17) is 14.7 Å². The van der Waals surface area contributed by atoms with Crippen molar-refractivity contribution in [3.8, 4) is 39.0 Å². The van der Waals surface area contributed by atoms with Crippen LogP contribution >= 0.6 is 11.3 Å². The molecule has 0 fully saturated rings. The van der Waals surface area contributed by atoms with Crippen LogP contribution < -0.4 is 4.74 Å². The third kappa shape index (κ3) is 4.16. The van der Waals surface area contributed by atoms with Gasteiger partial charge in [-0.2, -0.15) is 5.10 Å². The topological polar surface area (TPSA) is 95.6 Å². The smallest absolute Gasteiger partial charge is 0.161 e. The molecule has 0 atom stereocenters. The van der Waals surface area contributed by atoms with E-state index in [1.54, 1.807) is 23.7 Å². The van der Waals surface area contributed by atoms with Crippen molar-refractivity contribution in [2.24, 2.45) is 0 Å². The molecular weight excluding hydrogens is 458 g/mol. The molecule has 0 radical (unpaired) electrons. The lowest BCUT2D eigenvalue weighted by molar-refractivity contribution is 0.261. The van der Waals surface area contributed by atoms with Crippen LogP contribution in [-0.2, 0) is 0 Å². The molecule has 0 amide bonds. The van der Waals surface area contributed by atoms with Gasteiger partial charge in [0.1, 0.15) is 17.9 Å². The van der Waals surface area contributed by atoms with Crippen molar-refractivity contribution in [3.05, 3.63) is 66.3 Å². The number of pyridine rings is 2. The fraction of sp³-hybridized carbons (Fsp3) is 0.154. The molecule has 0 unspecified atom stereocenters. The number of aromatic nitrogens is 6. The monoisotopic (exact) mass is 481 g/mol. The first kappa shape index (κ1) is 21.5. The van der Waals surface area contributed by atoms with Crippen LogP contribution in [0.2, 0.25) is 0 Å². The van der Waals surface area contributed by atoms with Crippen molar-refractivity contribution in [1.82, 2.24) is 35.0 Å². The van der Waals surface area contributed by atoms with Gasteiger partial charge in [0.05, 0.1) is 28.4 Å². The molecule has 1 aromatic carbocycles. The summed E-state index contributed by atoms with van der Waals surface area (Å²) in [6.07, 6.45) is 3.52. The highest BCUT2D eigenvalue weighted by Crippen LogP contribution is 2.33. The van der Waals surface area contributed by atoms with Gasteiger partial charge in [-0.15, -0.1) is 11.3 Å². The molecule has 8 nitrogen and oxygen atoms in total. The zero-order valence-corrected chi connectivity index (χ0v) is 20.1. The normalized spacial score (nSPS) is 11.6. The Morgan fingerprint density at radius 3 is 2.77 bits per heavy atom. The van der Waals surface area contributed by atoms with Crippen LogP contribution in [0.25, 0.3) is 55.3 Å². The summed E-state index contributed by atoms with van der Waals surface area (Å²) in [5.74, 6) is 1.40. The van der Waals surface area contributed by atoms with Gasteiger partial charge in [0, 0.05) is 28.7 Å². The minimum absolute atomic E-state index is 0.593. The summed E-state index contributed by atoms with van der Waals surface area (Å²) in [5, 5.41) is 9.70. The van der Waals surface area contributed by atoms with Crippen molar-refractivity contribution in [1.29, 1.82) is 0 Å². The molecule has 0 bridgehead atoms. The molecular formula is C26H23N7OS. The number of likely N-dealkylation sites (N-methyl/N-ethyl adjacent to an activating group) is 1. The Bertz CT molecular complexity index is 1620. The van der Waals surface area contributed by atoms with Crippen molar-refractivity contribution in [3.63, 3.8) is 0 Å². The quantitative estimate of drug-likeness (QED) is 0.324. The van der Waals surface area contributed by atoms with Gasteiger partial charge in [0.2, 0.25) is 0 Å². The number of aromatic amines is 2. The maximum atomic E-state index is 5.86. The van der Waals surface area contributed by atoms with Crippen LogP contribution in [0.4, 0.5) is 0 Å². The van der Waals surface area contributed by atoms with Crippen molar-refractivity contribution in [2.75, 3.05) is 27.2 Å². The fourth-order valence-electron chi connectivity index (χ4n) is 3.98. The summed E-state index contributed by atoms with van der Waals surface area (Å²) in [4.78, 5) is 20.9. The van der Waals surface area contributed by atoms with E-state index in [9.17, 15) is 0 Å². The summed E-state index contributed by atoms with van der Waals surface area (Å²) < 4.78 is 5.86. The molecule has 0 aliphatic heterocycles. The van der Waals surface area contributed by atoms with E-state index in [1.165, 1.54) is 4.88 Å². The predicted octanol–water partition coefficient (Wildman–Crippen LogP) is 5.23. The van der Waals surface area contributed by atoms with Gasteiger partial charge in [0.15, 0.2) is 11.5 Å². The van der Waals surface area contributed by atoms with E-state index in [2.05, 4.69) is 48.6 Å². The lowest BCUT2D eigenvalue weighted by Gasteiger charge is -2.11. The Hall–Kier alpha value is -4.08. The Morgan fingerprint density at radius 1 is 0.971 bits per heavy atom. The molecule has 0 saturated heterocycles. The molecule has 0 saturated carbocycles. The van der Waals surface area contributed by atoms with E-state index in [1.807, 2.05) is 44.4 Å². The fourth-order valence-corrected chi connectivity index (χ4v) is 4.74. The summed E-state index contributed by atoms with van der Waals surface area (Å²) in [6, 6.07) is 16.2. The number of H-pyrrole nitrogens is 2. The Kier molecular flexibility index (Phi) is 5.48. The molecule has 5 heterocycles. The van der Waals surface area contributed by atoms with Gasteiger partial charge >= 0.3 is 0 Å². The van der Waals surface area contributed by atoms with Crippen LogP contribution in [0.1, 0.15) is 0 Å². The van der Waals surface area contributed by atoms with Crippen LogP contribution in [0, 0.1) is 0 Å². The highest BCUT2D eigenvalue weighted by molar-refractivity contribution is 7.13. The summed E-state index contributed by atoms with van der Waals surface area (Å²) >= 11 is 1.70. The Morgan fingerprint density at radius 2 is 1.91 bits per heavy atom. The predicted molar refractivity (Wildman–Crippen MR) is 140 cm³/mol. The number of hydrogen-bond donors (Lipinski definition) is 2. The van der Waals surface area contributed by atoms with Gasteiger partial charge in [-0.05, 0) is 49.8 Å². The number of thiophene rings is 1. The highest BCUT2D eigenvalue weighted by Gasteiger charge is 2.17. The van der Waals surface area contributed by atoms with Crippen LogP contribution in [0.5, 0.6) is 5.75 Å². The molecule has 35 heavy (non-hydrogen) atoms. The lowest BCUT2D eigenvalue weighted by Crippen LogP contribution is -2.19. The first-order valence-electron chi connectivity index (χ1n) is 11.3. The number of hydrogen-bond acceptors (Lipinski definition) is 7. The van der Waals surface area contributed by atoms with Gasteiger partial charge < -0.3 is 14.6 Å². The first-order valence-corrected chi connectivity index (χ1v) is 12.1. The number of benzene rings is 1. The average Bonchev–Trinajstić information content (AvgIpc) is 3.62. The standard InChI is InChI=1S/C26H23N7OS/c1-33(2)10-11-34-17-13-16(14-27-15-17)19-8-9-21-24(28-19)25(32-31-21)26-29-20-6-3-5-18(23(20)30-26)22-7-4-12-35-22/h3-9,12-15H,10-11H2,1-2H3,(H,29,30)(H,31,32). The molecule has 174 valence electrons. The number of nitrogens with zero attached hydrogens (tertiary/aromatic N) is 5. The first-order chi connectivity index (χ1) is 17.2. The van der Waals surface area contributed by atoms with Gasteiger partial charge in [-0.3, -0.25) is 10.1 Å². The molecule has 6 aromatic rings. The number of para-hydroxylation sites is 1. The number of fused-ring (bicyclic) bond motifs is 2. The van der Waals surface area contributed by atoms with E-state index in [-0.39, 0.29) is 0 Å². The van der Waals surface area contributed by atoms with Crippen molar-refractivity contribution < 1.29 is 4.74 Å². The van der Waals surface area contributed by atoms with E-state index in [0.717, 1.165) is 51.2 Å². The van der Waals surface area contributed by atoms with Gasteiger partial charge in [0.25, 0.3) is 0 Å². The lowest BCUT2D eigenvalue weighted by atomic mass is 10.1. The number of imidazole rings is 1. The Labute approximate surface area is 205 Å². The zero-order valence-electron chi connectivity index (χ0n) is 19.3. The molecule has 0 spiro atoms. The highest BCUT2D eigenvalue weighted by atomic mass is 32.1.